The summed E-state index contributed by atoms with van der Waals surface area (Å²) in [5.74, 6) is 0.864. The normalized spacial score (nSPS) is 14.4. The standard InChI is InChI=1S/C21H21NO3S/c1-5-26-19-18(17-11-6-13(2)12-14(17)3)20(23)22(21(19)24)15-7-9-16(25-4)10-8-15/h6-12H,5H2,1-4H3. The summed E-state index contributed by atoms with van der Waals surface area (Å²) in [5.41, 5.74) is 3.98. The van der Waals surface area contributed by atoms with Crippen LogP contribution in [0.15, 0.2) is 47.4 Å². The Balaban J connectivity index is 2.09. The van der Waals surface area contributed by atoms with Crippen molar-refractivity contribution in [1.29, 1.82) is 0 Å². The van der Waals surface area contributed by atoms with Crippen LogP contribution in [0.4, 0.5) is 5.69 Å². The molecule has 134 valence electrons. The van der Waals surface area contributed by atoms with E-state index in [9.17, 15) is 9.59 Å². The predicted octanol–water partition coefficient (Wildman–Crippen LogP) is 4.35. The lowest BCUT2D eigenvalue weighted by molar-refractivity contribution is -0.119. The Morgan fingerprint density at radius 2 is 1.69 bits per heavy atom. The van der Waals surface area contributed by atoms with Gasteiger partial charge in [0.25, 0.3) is 11.8 Å². The number of amides is 2. The third-order valence-electron chi connectivity index (χ3n) is 4.31. The van der Waals surface area contributed by atoms with Gasteiger partial charge in [0.15, 0.2) is 0 Å². The number of carbonyl (C=O) groups excluding carboxylic acids is 2. The summed E-state index contributed by atoms with van der Waals surface area (Å²) in [4.78, 5) is 28.0. The van der Waals surface area contributed by atoms with Crippen molar-refractivity contribution in [2.75, 3.05) is 17.8 Å². The molecular formula is C21H21NO3S. The third-order valence-corrected chi connectivity index (χ3v) is 5.27. The van der Waals surface area contributed by atoms with Crippen molar-refractivity contribution in [1.82, 2.24) is 0 Å². The molecule has 0 unspecified atom stereocenters. The molecule has 2 amide bonds. The van der Waals surface area contributed by atoms with Gasteiger partial charge in [0, 0.05) is 0 Å². The molecule has 0 bridgehead atoms. The zero-order chi connectivity index (χ0) is 18.8. The second-order valence-electron chi connectivity index (χ2n) is 6.10. The highest BCUT2D eigenvalue weighted by atomic mass is 32.2. The van der Waals surface area contributed by atoms with E-state index in [-0.39, 0.29) is 11.8 Å². The number of hydrogen-bond donors (Lipinski definition) is 0. The second kappa shape index (κ2) is 7.38. The average Bonchev–Trinajstić information content (AvgIpc) is 2.86. The van der Waals surface area contributed by atoms with Gasteiger partial charge in [-0.25, -0.2) is 4.90 Å². The van der Waals surface area contributed by atoms with Gasteiger partial charge in [-0.15, -0.1) is 11.8 Å². The fraction of sp³-hybridized carbons (Fsp3) is 0.238. The van der Waals surface area contributed by atoms with Crippen LogP contribution in [0.3, 0.4) is 0 Å². The number of carbonyl (C=O) groups is 2. The van der Waals surface area contributed by atoms with Crippen LogP contribution in [0.2, 0.25) is 0 Å². The van der Waals surface area contributed by atoms with E-state index in [0.717, 1.165) is 22.4 Å². The quantitative estimate of drug-likeness (QED) is 0.737. The van der Waals surface area contributed by atoms with Gasteiger partial charge in [-0.3, -0.25) is 9.59 Å². The summed E-state index contributed by atoms with van der Waals surface area (Å²) in [7, 11) is 1.58. The summed E-state index contributed by atoms with van der Waals surface area (Å²) in [5, 5.41) is 0. The molecule has 26 heavy (non-hydrogen) atoms. The Morgan fingerprint density at radius 3 is 2.27 bits per heavy atom. The van der Waals surface area contributed by atoms with Crippen LogP contribution >= 0.6 is 11.8 Å². The Kier molecular flexibility index (Phi) is 5.18. The largest absolute Gasteiger partial charge is 0.497 e. The fourth-order valence-corrected chi connectivity index (χ4v) is 3.93. The SMILES string of the molecule is CCSC1=C(c2ccc(C)cc2C)C(=O)N(c2ccc(OC)cc2)C1=O. The van der Waals surface area contributed by atoms with Crippen LogP contribution in [0, 0.1) is 13.8 Å². The van der Waals surface area contributed by atoms with E-state index < -0.39 is 0 Å². The van der Waals surface area contributed by atoms with Crippen LogP contribution in [-0.4, -0.2) is 24.7 Å². The highest BCUT2D eigenvalue weighted by molar-refractivity contribution is 8.04. The maximum absolute atomic E-state index is 13.2. The highest BCUT2D eigenvalue weighted by Crippen LogP contribution is 2.39. The Labute approximate surface area is 157 Å². The summed E-state index contributed by atoms with van der Waals surface area (Å²) in [6.07, 6.45) is 0. The molecule has 1 heterocycles. The van der Waals surface area contributed by atoms with E-state index in [0.29, 0.717) is 21.9 Å². The molecule has 0 aromatic heterocycles. The number of rotatable bonds is 5. The first-order valence-electron chi connectivity index (χ1n) is 8.45. The summed E-state index contributed by atoms with van der Waals surface area (Å²) in [6.45, 7) is 5.96. The number of imide groups is 1. The van der Waals surface area contributed by atoms with Crippen molar-refractivity contribution in [3.8, 4) is 5.75 Å². The van der Waals surface area contributed by atoms with E-state index >= 15 is 0 Å². The number of ether oxygens (including phenoxy) is 1. The summed E-state index contributed by atoms with van der Waals surface area (Å²) in [6, 6.07) is 12.9. The lowest BCUT2D eigenvalue weighted by Gasteiger charge is -2.16. The van der Waals surface area contributed by atoms with Gasteiger partial charge in [-0.05, 0) is 55.0 Å². The van der Waals surface area contributed by atoms with Crippen LogP contribution in [-0.2, 0) is 9.59 Å². The number of thioether (sulfide) groups is 1. The molecule has 0 fully saturated rings. The maximum atomic E-state index is 13.2. The number of aryl methyl sites for hydroxylation is 2. The molecule has 0 atom stereocenters. The van der Waals surface area contributed by atoms with Crippen molar-refractivity contribution in [2.45, 2.75) is 20.8 Å². The molecule has 5 heteroatoms. The first-order valence-corrected chi connectivity index (χ1v) is 9.44. The van der Waals surface area contributed by atoms with Crippen molar-refractivity contribution < 1.29 is 14.3 Å². The number of nitrogens with zero attached hydrogens (tertiary/aromatic N) is 1. The van der Waals surface area contributed by atoms with Crippen LogP contribution in [0.5, 0.6) is 5.75 Å². The molecule has 0 spiro atoms. The molecule has 0 aliphatic carbocycles. The number of methoxy groups -OCH3 is 1. The van der Waals surface area contributed by atoms with Gasteiger partial charge in [0.05, 0.1) is 23.3 Å². The summed E-state index contributed by atoms with van der Waals surface area (Å²) >= 11 is 1.42. The van der Waals surface area contributed by atoms with Gasteiger partial charge in [-0.1, -0.05) is 30.7 Å². The van der Waals surface area contributed by atoms with Crippen LogP contribution < -0.4 is 9.64 Å². The van der Waals surface area contributed by atoms with E-state index in [1.807, 2.05) is 39.0 Å². The van der Waals surface area contributed by atoms with E-state index in [4.69, 9.17) is 4.74 Å². The van der Waals surface area contributed by atoms with Crippen molar-refractivity contribution in [3.05, 3.63) is 64.1 Å². The van der Waals surface area contributed by atoms with Crippen molar-refractivity contribution in [2.24, 2.45) is 0 Å². The van der Waals surface area contributed by atoms with Crippen LogP contribution in [0.25, 0.3) is 5.57 Å². The van der Waals surface area contributed by atoms with Crippen molar-refractivity contribution in [3.63, 3.8) is 0 Å². The third kappa shape index (κ3) is 3.15. The molecule has 4 nitrogen and oxygen atoms in total. The molecule has 2 aromatic carbocycles. The van der Waals surface area contributed by atoms with Crippen molar-refractivity contribution >= 4 is 34.8 Å². The first-order chi connectivity index (χ1) is 12.5. The molecule has 0 saturated carbocycles. The zero-order valence-corrected chi connectivity index (χ0v) is 16.1. The predicted molar refractivity (Wildman–Crippen MR) is 106 cm³/mol. The van der Waals surface area contributed by atoms with Gasteiger partial charge in [0.2, 0.25) is 0 Å². The van der Waals surface area contributed by atoms with Gasteiger partial charge >= 0.3 is 0 Å². The maximum Gasteiger partial charge on any atom is 0.272 e. The number of hydrogen-bond acceptors (Lipinski definition) is 4. The van der Waals surface area contributed by atoms with Gasteiger partial charge in [-0.2, -0.15) is 0 Å². The van der Waals surface area contributed by atoms with E-state index in [1.54, 1.807) is 31.4 Å². The first kappa shape index (κ1) is 18.3. The van der Waals surface area contributed by atoms with Gasteiger partial charge < -0.3 is 4.74 Å². The lowest BCUT2D eigenvalue weighted by atomic mass is 9.99. The number of benzene rings is 2. The molecule has 0 radical (unpaired) electrons. The molecular weight excluding hydrogens is 346 g/mol. The van der Waals surface area contributed by atoms with E-state index in [1.165, 1.54) is 16.7 Å². The molecule has 3 rings (SSSR count). The topological polar surface area (TPSA) is 46.6 Å². The van der Waals surface area contributed by atoms with Gasteiger partial charge in [0.1, 0.15) is 5.75 Å². The smallest absolute Gasteiger partial charge is 0.272 e. The molecule has 2 aromatic rings. The molecule has 0 N–H and O–H groups in total. The van der Waals surface area contributed by atoms with Crippen LogP contribution in [0.1, 0.15) is 23.6 Å². The monoisotopic (exact) mass is 367 g/mol. The minimum atomic E-state index is -0.275. The second-order valence-corrected chi connectivity index (χ2v) is 7.37. The minimum Gasteiger partial charge on any atom is -0.497 e. The number of anilines is 1. The average molecular weight is 367 g/mol. The highest BCUT2D eigenvalue weighted by Gasteiger charge is 2.40. The Bertz CT molecular complexity index is 900. The Morgan fingerprint density at radius 1 is 1.00 bits per heavy atom. The molecule has 1 aliphatic heterocycles. The minimum absolute atomic E-state index is 0.262. The fourth-order valence-electron chi connectivity index (χ4n) is 3.09. The zero-order valence-electron chi connectivity index (χ0n) is 15.3. The molecule has 1 aliphatic rings. The Hall–Kier alpha value is -2.53. The molecule has 0 saturated heterocycles. The lowest BCUT2D eigenvalue weighted by Crippen LogP contribution is -2.31. The summed E-state index contributed by atoms with van der Waals surface area (Å²) < 4.78 is 5.16. The van der Waals surface area contributed by atoms with E-state index in [2.05, 4.69) is 0 Å².